The van der Waals surface area contributed by atoms with E-state index in [1.807, 2.05) is 0 Å². The fourth-order valence-electron chi connectivity index (χ4n) is 2.64. The molecule has 1 saturated carbocycles. The molecule has 5 nitrogen and oxygen atoms in total. The Labute approximate surface area is 119 Å². The van der Waals surface area contributed by atoms with Gasteiger partial charge in [-0.25, -0.2) is 4.98 Å². The molecular weight excluding hydrogens is 256 g/mol. The lowest BCUT2D eigenvalue weighted by atomic mass is 9.93. The van der Waals surface area contributed by atoms with Gasteiger partial charge in [0, 0.05) is 13.2 Å². The Kier molecular flexibility index (Phi) is 4.95. The lowest BCUT2D eigenvalue weighted by Crippen LogP contribution is -2.44. The number of nitrogens with zero attached hydrogens (tertiary/aromatic N) is 1. The summed E-state index contributed by atoms with van der Waals surface area (Å²) in [5.74, 6) is 0.452. The summed E-state index contributed by atoms with van der Waals surface area (Å²) in [6.45, 7) is 0. The van der Waals surface area contributed by atoms with E-state index in [-0.39, 0.29) is 5.91 Å². The number of carbonyl (C=O) groups excluding carboxylic acids is 1. The molecule has 0 saturated heterocycles. The quantitative estimate of drug-likeness (QED) is 0.860. The largest absolute Gasteiger partial charge is 0.481 e. The average molecular weight is 278 g/mol. The number of aromatic nitrogens is 1. The second-order valence-electron chi connectivity index (χ2n) is 5.16. The van der Waals surface area contributed by atoms with Crippen LogP contribution in [0.25, 0.3) is 0 Å². The maximum absolute atomic E-state index is 12.5. The Morgan fingerprint density at radius 2 is 1.90 bits per heavy atom. The molecule has 1 amide bonds. The molecule has 0 unspecified atom stereocenters. The zero-order chi connectivity index (χ0) is 14.4. The number of amides is 1. The Morgan fingerprint density at radius 1 is 1.20 bits per heavy atom. The van der Waals surface area contributed by atoms with Gasteiger partial charge in [-0.05, 0) is 18.9 Å². The van der Waals surface area contributed by atoms with E-state index in [4.69, 9.17) is 9.47 Å². The SMILES string of the molecule is COc1ccc(NC(=O)C2(OC)CCCCCC2)cn1. The van der Waals surface area contributed by atoms with E-state index in [0.29, 0.717) is 11.6 Å². The molecule has 1 N–H and O–H groups in total. The monoisotopic (exact) mass is 278 g/mol. The van der Waals surface area contributed by atoms with Crippen LogP contribution in [0.4, 0.5) is 5.69 Å². The molecule has 1 heterocycles. The number of anilines is 1. The number of rotatable bonds is 4. The average Bonchev–Trinajstić information content (AvgIpc) is 2.74. The topological polar surface area (TPSA) is 60.5 Å². The highest BCUT2D eigenvalue weighted by Crippen LogP contribution is 2.31. The van der Waals surface area contributed by atoms with Crippen LogP contribution in [-0.2, 0) is 9.53 Å². The summed E-state index contributed by atoms with van der Waals surface area (Å²) in [5.41, 5.74) is -0.0346. The van der Waals surface area contributed by atoms with Crippen molar-refractivity contribution in [1.29, 1.82) is 0 Å². The molecular formula is C15H22N2O3. The van der Waals surface area contributed by atoms with Crippen molar-refractivity contribution in [1.82, 2.24) is 4.98 Å². The second kappa shape index (κ2) is 6.70. The van der Waals surface area contributed by atoms with Gasteiger partial charge in [0.25, 0.3) is 5.91 Å². The van der Waals surface area contributed by atoms with Gasteiger partial charge in [0.2, 0.25) is 5.88 Å². The van der Waals surface area contributed by atoms with Gasteiger partial charge in [0.05, 0.1) is 19.0 Å². The number of methoxy groups -OCH3 is 2. The summed E-state index contributed by atoms with van der Waals surface area (Å²) in [5, 5.41) is 2.90. The van der Waals surface area contributed by atoms with E-state index in [1.54, 1.807) is 32.5 Å². The molecule has 0 bridgehead atoms. The van der Waals surface area contributed by atoms with E-state index < -0.39 is 5.60 Å². The predicted octanol–water partition coefficient (Wildman–Crippen LogP) is 2.77. The number of nitrogens with one attached hydrogen (secondary N) is 1. The van der Waals surface area contributed by atoms with Crippen LogP contribution in [0.3, 0.4) is 0 Å². The highest BCUT2D eigenvalue weighted by atomic mass is 16.5. The lowest BCUT2D eigenvalue weighted by molar-refractivity contribution is -0.139. The summed E-state index contributed by atoms with van der Waals surface area (Å²) < 4.78 is 10.6. The molecule has 110 valence electrons. The van der Waals surface area contributed by atoms with Crippen LogP contribution in [0.2, 0.25) is 0 Å². The van der Waals surface area contributed by atoms with Gasteiger partial charge < -0.3 is 14.8 Å². The van der Waals surface area contributed by atoms with Gasteiger partial charge in [0.15, 0.2) is 0 Å². The smallest absolute Gasteiger partial charge is 0.256 e. The highest BCUT2D eigenvalue weighted by molar-refractivity contribution is 5.97. The minimum absolute atomic E-state index is 0.0751. The molecule has 0 spiro atoms. The van der Waals surface area contributed by atoms with Crippen molar-refractivity contribution in [2.75, 3.05) is 19.5 Å². The molecule has 1 fully saturated rings. The van der Waals surface area contributed by atoms with Crippen molar-refractivity contribution in [2.45, 2.75) is 44.1 Å². The fourth-order valence-corrected chi connectivity index (χ4v) is 2.64. The molecule has 2 rings (SSSR count). The van der Waals surface area contributed by atoms with Gasteiger partial charge in [0.1, 0.15) is 5.60 Å². The molecule has 0 radical (unpaired) electrons. The minimum atomic E-state index is -0.698. The molecule has 20 heavy (non-hydrogen) atoms. The van der Waals surface area contributed by atoms with Crippen molar-refractivity contribution in [3.05, 3.63) is 18.3 Å². The van der Waals surface area contributed by atoms with Crippen molar-refractivity contribution < 1.29 is 14.3 Å². The van der Waals surface area contributed by atoms with E-state index >= 15 is 0 Å². The van der Waals surface area contributed by atoms with Crippen LogP contribution in [0.5, 0.6) is 5.88 Å². The van der Waals surface area contributed by atoms with Gasteiger partial charge in [-0.1, -0.05) is 25.7 Å². The van der Waals surface area contributed by atoms with Gasteiger partial charge >= 0.3 is 0 Å². The summed E-state index contributed by atoms with van der Waals surface area (Å²) in [4.78, 5) is 16.6. The van der Waals surface area contributed by atoms with Gasteiger partial charge in [-0.15, -0.1) is 0 Å². The standard InChI is InChI=1S/C15H22N2O3/c1-19-13-8-7-12(11-16-13)17-14(18)15(20-2)9-5-3-4-6-10-15/h7-8,11H,3-6,9-10H2,1-2H3,(H,17,18). The Morgan fingerprint density at radius 3 is 2.40 bits per heavy atom. The third kappa shape index (κ3) is 3.28. The van der Waals surface area contributed by atoms with E-state index in [0.717, 1.165) is 25.7 Å². The fraction of sp³-hybridized carbons (Fsp3) is 0.600. The molecule has 1 aromatic heterocycles. The first-order valence-electron chi connectivity index (χ1n) is 7.07. The lowest BCUT2D eigenvalue weighted by Gasteiger charge is -2.29. The van der Waals surface area contributed by atoms with Crippen LogP contribution in [0.15, 0.2) is 18.3 Å². The number of carbonyl (C=O) groups is 1. The zero-order valence-corrected chi connectivity index (χ0v) is 12.1. The molecule has 0 aliphatic heterocycles. The molecule has 1 aliphatic rings. The normalized spacial score (nSPS) is 18.1. The molecule has 1 aromatic rings. The first-order valence-corrected chi connectivity index (χ1v) is 7.07. The number of hydrogen-bond donors (Lipinski definition) is 1. The summed E-state index contributed by atoms with van der Waals surface area (Å²) in [6, 6.07) is 3.51. The van der Waals surface area contributed by atoms with Crippen LogP contribution >= 0.6 is 0 Å². The third-order valence-electron chi connectivity index (χ3n) is 3.92. The summed E-state index contributed by atoms with van der Waals surface area (Å²) >= 11 is 0. The maximum atomic E-state index is 12.5. The predicted molar refractivity (Wildman–Crippen MR) is 76.9 cm³/mol. The number of pyridine rings is 1. The van der Waals surface area contributed by atoms with Gasteiger partial charge in [-0.2, -0.15) is 0 Å². The summed E-state index contributed by atoms with van der Waals surface area (Å²) in [7, 11) is 3.18. The van der Waals surface area contributed by atoms with E-state index in [2.05, 4.69) is 10.3 Å². The van der Waals surface area contributed by atoms with Crippen molar-refractivity contribution in [3.63, 3.8) is 0 Å². The minimum Gasteiger partial charge on any atom is -0.481 e. The first-order chi connectivity index (χ1) is 9.70. The second-order valence-corrected chi connectivity index (χ2v) is 5.16. The molecule has 0 aromatic carbocycles. The van der Waals surface area contributed by atoms with Crippen LogP contribution < -0.4 is 10.1 Å². The molecule has 5 heteroatoms. The van der Waals surface area contributed by atoms with Crippen molar-refractivity contribution in [2.24, 2.45) is 0 Å². The van der Waals surface area contributed by atoms with Crippen LogP contribution in [0.1, 0.15) is 38.5 Å². The molecule has 0 atom stereocenters. The third-order valence-corrected chi connectivity index (χ3v) is 3.92. The Hall–Kier alpha value is -1.62. The van der Waals surface area contributed by atoms with Gasteiger partial charge in [-0.3, -0.25) is 4.79 Å². The first kappa shape index (κ1) is 14.8. The van der Waals surface area contributed by atoms with Crippen LogP contribution in [0, 0.1) is 0 Å². The molecule has 1 aliphatic carbocycles. The highest BCUT2D eigenvalue weighted by Gasteiger charge is 2.38. The zero-order valence-electron chi connectivity index (χ0n) is 12.1. The van der Waals surface area contributed by atoms with E-state index in [9.17, 15) is 4.79 Å². The van der Waals surface area contributed by atoms with E-state index in [1.165, 1.54) is 12.8 Å². The number of hydrogen-bond acceptors (Lipinski definition) is 4. The Balaban J connectivity index is 2.07. The van der Waals surface area contributed by atoms with Crippen molar-refractivity contribution >= 4 is 11.6 Å². The maximum Gasteiger partial charge on any atom is 0.256 e. The number of ether oxygens (including phenoxy) is 2. The van der Waals surface area contributed by atoms with Crippen LogP contribution in [-0.4, -0.2) is 30.7 Å². The Bertz CT molecular complexity index is 437. The summed E-state index contributed by atoms with van der Waals surface area (Å²) in [6.07, 6.45) is 7.55. The van der Waals surface area contributed by atoms with Crippen molar-refractivity contribution in [3.8, 4) is 5.88 Å².